The van der Waals surface area contributed by atoms with E-state index < -0.39 is 4.92 Å². The van der Waals surface area contributed by atoms with Gasteiger partial charge < -0.3 is 18.9 Å². The summed E-state index contributed by atoms with van der Waals surface area (Å²) in [5.41, 5.74) is 1.56. The molecule has 3 aliphatic rings. The molecule has 3 heterocycles. The molecule has 34 heavy (non-hydrogen) atoms. The van der Waals surface area contributed by atoms with Crippen molar-refractivity contribution in [3.63, 3.8) is 0 Å². The first kappa shape index (κ1) is 20.9. The van der Waals surface area contributed by atoms with E-state index in [1.54, 1.807) is 16.7 Å². The first-order valence-corrected chi connectivity index (χ1v) is 11.6. The summed E-state index contributed by atoms with van der Waals surface area (Å²) in [5, 5.41) is 12.0. The molecular weight excluding hydrogens is 438 g/mol. The third-order valence-corrected chi connectivity index (χ3v) is 7.01. The van der Waals surface area contributed by atoms with Gasteiger partial charge in [0.15, 0.2) is 17.3 Å². The normalized spacial score (nSPS) is 16.6. The molecule has 1 aromatic heterocycles. The topological polar surface area (TPSA) is 104 Å². The number of carbonyl (C=O) groups excluding carboxylic acids is 1. The minimum Gasteiger partial charge on any atom is -0.454 e. The predicted molar refractivity (Wildman–Crippen MR) is 125 cm³/mol. The van der Waals surface area contributed by atoms with Crippen molar-refractivity contribution in [1.29, 1.82) is 0 Å². The number of hydrogen-bond donors (Lipinski definition) is 0. The van der Waals surface area contributed by atoms with Gasteiger partial charge >= 0.3 is 0 Å². The SMILES string of the molecule is O=C1c2cc3c(cc2-c2c1c1ccc([N+](=O)[O-])cc1c(=O)n2CCCN1CCCCC1)OCO3. The third-order valence-electron chi connectivity index (χ3n) is 7.01. The van der Waals surface area contributed by atoms with E-state index in [1.165, 1.54) is 37.5 Å². The number of ether oxygens (including phenoxy) is 2. The number of rotatable bonds is 5. The van der Waals surface area contributed by atoms with Crippen molar-refractivity contribution in [3.8, 4) is 22.8 Å². The molecule has 9 nitrogen and oxygen atoms in total. The highest BCUT2D eigenvalue weighted by molar-refractivity contribution is 6.27. The molecule has 1 fully saturated rings. The third kappa shape index (κ3) is 3.19. The average Bonchev–Trinajstić information content (AvgIpc) is 3.42. The van der Waals surface area contributed by atoms with Crippen LogP contribution in [-0.2, 0) is 6.54 Å². The highest BCUT2D eigenvalue weighted by Crippen LogP contribution is 2.46. The number of ketones is 1. The Kier molecular flexibility index (Phi) is 4.88. The number of non-ortho nitro benzene ring substituents is 1. The molecule has 0 spiro atoms. The Hall–Kier alpha value is -3.72. The van der Waals surface area contributed by atoms with Crippen molar-refractivity contribution < 1.29 is 19.2 Å². The van der Waals surface area contributed by atoms with Crippen LogP contribution in [0.4, 0.5) is 5.69 Å². The summed E-state index contributed by atoms with van der Waals surface area (Å²) in [6.45, 7) is 3.47. The second-order valence-electron chi connectivity index (χ2n) is 9.00. The number of benzene rings is 2. The summed E-state index contributed by atoms with van der Waals surface area (Å²) < 4.78 is 12.6. The molecule has 9 heteroatoms. The highest BCUT2D eigenvalue weighted by atomic mass is 16.7. The van der Waals surface area contributed by atoms with Crippen LogP contribution < -0.4 is 15.0 Å². The van der Waals surface area contributed by atoms with E-state index in [0.717, 1.165) is 26.1 Å². The molecule has 0 bridgehead atoms. The fourth-order valence-electron chi connectivity index (χ4n) is 5.37. The molecule has 0 amide bonds. The summed E-state index contributed by atoms with van der Waals surface area (Å²) in [4.78, 5) is 40.5. The number of likely N-dealkylation sites (tertiary alicyclic amines) is 1. The summed E-state index contributed by atoms with van der Waals surface area (Å²) in [7, 11) is 0. The molecule has 0 radical (unpaired) electrons. The van der Waals surface area contributed by atoms with Crippen molar-refractivity contribution in [3.05, 3.63) is 61.9 Å². The Balaban J connectivity index is 1.51. The average molecular weight is 461 g/mol. The summed E-state index contributed by atoms with van der Waals surface area (Å²) in [5.74, 6) is 0.821. The van der Waals surface area contributed by atoms with Gasteiger partial charge in [0.25, 0.3) is 11.2 Å². The van der Waals surface area contributed by atoms with Crippen molar-refractivity contribution in [2.45, 2.75) is 32.2 Å². The van der Waals surface area contributed by atoms with Crippen LogP contribution in [0, 0.1) is 10.1 Å². The quantitative estimate of drug-likeness (QED) is 0.329. The number of pyridine rings is 1. The predicted octanol–water partition coefficient (Wildman–Crippen LogP) is 3.73. The maximum Gasteiger partial charge on any atom is 0.270 e. The lowest BCUT2D eigenvalue weighted by Gasteiger charge is -2.26. The van der Waals surface area contributed by atoms with Crippen LogP contribution in [0.5, 0.6) is 11.5 Å². The van der Waals surface area contributed by atoms with Crippen molar-refractivity contribution in [2.24, 2.45) is 0 Å². The van der Waals surface area contributed by atoms with Crippen LogP contribution in [0.15, 0.2) is 35.1 Å². The minimum atomic E-state index is -0.525. The summed E-state index contributed by atoms with van der Waals surface area (Å²) >= 11 is 0. The summed E-state index contributed by atoms with van der Waals surface area (Å²) in [6, 6.07) is 7.56. The zero-order chi connectivity index (χ0) is 23.4. The van der Waals surface area contributed by atoms with Crippen LogP contribution in [0.2, 0.25) is 0 Å². The Morgan fingerprint density at radius 1 is 0.912 bits per heavy atom. The first-order chi connectivity index (χ1) is 16.5. The first-order valence-electron chi connectivity index (χ1n) is 11.6. The standard InChI is InChI=1S/C25H23N3O6/c29-24-18-13-21-20(33-14-34-21)12-17(18)23-22(24)16-6-5-15(28(31)32)11-19(16)25(30)27(23)10-4-9-26-7-2-1-3-8-26/h5-6,11-13H,1-4,7-10,14H2. The number of hydrogen-bond acceptors (Lipinski definition) is 7. The van der Waals surface area contributed by atoms with Crippen molar-refractivity contribution >= 4 is 22.2 Å². The maximum atomic E-state index is 13.7. The lowest BCUT2D eigenvalue weighted by atomic mass is 10.0. The van der Waals surface area contributed by atoms with Gasteiger partial charge in [-0.3, -0.25) is 19.7 Å². The van der Waals surface area contributed by atoms with Gasteiger partial charge in [0.05, 0.1) is 21.6 Å². The van der Waals surface area contributed by atoms with Crippen molar-refractivity contribution in [1.82, 2.24) is 9.47 Å². The Morgan fingerprint density at radius 2 is 1.65 bits per heavy atom. The van der Waals surface area contributed by atoms with E-state index in [9.17, 15) is 19.7 Å². The number of carbonyl (C=O) groups is 1. The maximum absolute atomic E-state index is 13.7. The Bertz CT molecular complexity index is 1420. The van der Waals surface area contributed by atoms with Crippen LogP contribution in [0.1, 0.15) is 41.6 Å². The number of nitrogens with zero attached hydrogens (tertiary/aromatic N) is 3. The van der Waals surface area contributed by atoms with Crippen LogP contribution in [0.3, 0.4) is 0 Å². The molecule has 0 saturated carbocycles. The molecule has 174 valence electrons. The number of piperidine rings is 1. The zero-order valence-electron chi connectivity index (χ0n) is 18.5. The van der Waals surface area contributed by atoms with Gasteiger partial charge in [-0.15, -0.1) is 0 Å². The molecule has 6 rings (SSSR count). The van der Waals surface area contributed by atoms with Gasteiger partial charge in [-0.1, -0.05) is 6.42 Å². The molecule has 0 atom stereocenters. The Morgan fingerprint density at radius 3 is 2.38 bits per heavy atom. The smallest absolute Gasteiger partial charge is 0.270 e. The largest absolute Gasteiger partial charge is 0.454 e. The monoisotopic (exact) mass is 461 g/mol. The molecule has 2 aromatic carbocycles. The lowest BCUT2D eigenvalue weighted by Crippen LogP contribution is -2.32. The van der Waals surface area contributed by atoms with Gasteiger partial charge in [-0.25, -0.2) is 0 Å². The lowest BCUT2D eigenvalue weighted by molar-refractivity contribution is -0.384. The fraction of sp³-hybridized carbons (Fsp3) is 0.360. The van der Waals surface area contributed by atoms with Gasteiger partial charge in [-0.05, 0) is 57.1 Å². The second-order valence-corrected chi connectivity index (χ2v) is 9.00. The van der Waals surface area contributed by atoms with E-state index in [2.05, 4.69) is 4.90 Å². The van der Waals surface area contributed by atoms with Gasteiger partial charge in [0.2, 0.25) is 6.79 Å². The van der Waals surface area contributed by atoms with E-state index in [4.69, 9.17) is 9.47 Å². The molecular formula is C25H23N3O6. The second kappa shape index (κ2) is 7.95. The molecule has 0 N–H and O–H groups in total. The van der Waals surface area contributed by atoms with Crippen molar-refractivity contribution in [2.75, 3.05) is 26.4 Å². The van der Waals surface area contributed by atoms with Crippen LogP contribution in [0.25, 0.3) is 22.0 Å². The summed E-state index contributed by atoms with van der Waals surface area (Å²) in [6.07, 6.45) is 4.36. The molecule has 1 aliphatic carbocycles. The molecule has 1 saturated heterocycles. The van der Waals surface area contributed by atoms with E-state index in [1.807, 2.05) is 0 Å². The van der Waals surface area contributed by atoms with E-state index in [0.29, 0.717) is 45.8 Å². The van der Waals surface area contributed by atoms with Gasteiger partial charge in [0.1, 0.15) is 0 Å². The number of nitro groups is 1. The fourth-order valence-corrected chi connectivity index (χ4v) is 5.37. The molecule has 2 aliphatic heterocycles. The highest BCUT2D eigenvalue weighted by Gasteiger charge is 2.35. The van der Waals surface area contributed by atoms with Gasteiger partial charge in [0, 0.05) is 35.2 Å². The number of fused-ring (bicyclic) bond motifs is 6. The number of nitro benzene ring substituents is 1. The van der Waals surface area contributed by atoms with E-state index in [-0.39, 0.29) is 29.2 Å². The van der Waals surface area contributed by atoms with Crippen LogP contribution in [-0.4, -0.2) is 46.6 Å². The van der Waals surface area contributed by atoms with E-state index >= 15 is 0 Å². The Labute approximate surface area is 194 Å². The van der Waals surface area contributed by atoms with Crippen LogP contribution >= 0.6 is 0 Å². The van der Waals surface area contributed by atoms with Gasteiger partial charge in [-0.2, -0.15) is 0 Å². The number of aromatic nitrogens is 1. The molecule has 0 unspecified atom stereocenters. The minimum absolute atomic E-state index is 0.0866. The molecule has 3 aromatic rings. The zero-order valence-corrected chi connectivity index (χ0v) is 18.5.